The molecule has 0 radical (unpaired) electrons. The predicted octanol–water partition coefficient (Wildman–Crippen LogP) is 1.95. The van der Waals surface area contributed by atoms with Crippen LogP contribution in [0.5, 0.6) is 0 Å². The second-order valence-electron chi connectivity index (χ2n) is 7.00. The molecule has 1 aliphatic heterocycles. The van der Waals surface area contributed by atoms with Crippen LogP contribution in [0.15, 0.2) is 42.9 Å². The first-order valence-electron chi connectivity index (χ1n) is 8.92. The number of hydrogen-bond acceptors (Lipinski definition) is 4. The number of fused-ring (bicyclic) bond motifs is 1. The van der Waals surface area contributed by atoms with Gasteiger partial charge in [0.15, 0.2) is 0 Å². The van der Waals surface area contributed by atoms with Gasteiger partial charge in [0.2, 0.25) is 5.91 Å². The molecular formula is C20H23N5O. The number of nitrogens with zero attached hydrogens (tertiary/aromatic N) is 5. The van der Waals surface area contributed by atoms with Crippen molar-refractivity contribution in [2.24, 2.45) is 7.05 Å². The van der Waals surface area contributed by atoms with Crippen LogP contribution in [-0.2, 0) is 18.3 Å². The Balaban J connectivity index is 1.55. The van der Waals surface area contributed by atoms with Crippen LogP contribution in [0.25, 0.3) is 21.9 Å². The highest BCUT2D eigenvalue weighted by atomic mass is 16.2. The maximum absolute atomic E-state index is 12.6. The quantitative estimate of drug-likeness (QED) is 0.725. The highest BCUT2D eigenvalue weighted by molar-refractivity contribution is 5.88. The van der Waals surface area contributed by atoms with E-state index in [0.717, 1.165) is 53.8 Å². The Hall–Kier alpha value is -2.73. The van der Waals surface area contributed by atoms with Crippen molar-refractivity contribution >= 4 is 16.7 Å². The van der Waals surface area contributed by atoms with Gasteiger partial charge in [-0.1, -0.05) is 12.1 Å². The van der Waals surface area contributed by atoms with Crippen molar-refractivity contribution < 1.29 is 4.79 Å². The van der Waals surface area contributed by atoms with Crippen LogP contribution in [0.3, 0.4) is 0 Å². The molecule has 1 aromatic carbocycles. The number of pyridine rings is 1. The zero-order chi connectivity index (χ0) is 18.1. The van der Waals surface area contributed by atoms with Gasteiger partial charge < -0.3 is 9.80 Å². The van der Waals surface area contributed by atoms with Crippen molar-refractivity contribution in [3.05, 3.63) is 48.5 Å². The van der Waals surface area contributed by atoms with Gasteiger partial charge in [0, 0.05) is 56.6 Å². The van der Waals surface area contributed by atoms with Crippen molar-refractivity contribution in [1.29, 1.82) is 0 Å². The number of aromatic nitrogens is 3. The smallest absolute Gasteiger partial charge is 0.228 e. The predicted molar refractivity (Wildman–Crippen MR) is 102 cm³/mol. The van der Waals surface area contributed by atoms with E-state index in [2.05, 4.69) is 40.2 Å². The molecule has 0 spiro atoms. The zero-order valence-corrected chi connectivity index (χ0v) is 15.2. The second-order valence-corrected chi connectivity index (χ2v) is 7.00. The van der Waals surface area contributed by atoms with E-state index < -0.39 is 0 Å². The summed E-state index contributed by atoms with van der Waals surface area (Å²) < 4.78 is 1.80. The number of rotatable bonds is 3. The van der Waals surface area contributed by atoms with E-state index in [1.54, 1.807) is 4.68 Å². The van der Waals surface area contributed by atoms with Crippen LogP contribution in [0.4, 0.5) is 0 Å². The van der Waals surface area contributed by atoms with E-state index in [4.69, 9.17) is 0 Å². The summed E-state index contributed by atoms with van der Waals surface area (Å²) in [6, 6.07) is 8.31. The van der Waals surface area contributed by atoms with Gasteiger partial charge in [0.25, 0.3) is 0 Å². The molecule has 0 saturated carbocycles. The third-order valence-electron chi connectivity index (χ3n) is 5.00. The fourth-order valence-electron chi connectivity index (χ4n) is 3.36. The number of aryl methyl sites for hydroxylation is 1. The molecule has 6 nitrogen and oxygen atoms in total. The maximum atomic E-state index is 12.6. The molecule has 0 aliphatic carbocycles. The van der Waals surface area contributed by atoms with E-state index in [0.29, 0.717) is 6.42 Å². The van der Waals surface area contributed by atoms with E-state index in [9.17, 15) is 4.79 Å². The molecular weight excluding hydrogens is 326 g/mol. The molecule has 0 atom stereocenters. The van der Waals surface area contributed by atoms with Crippen molar-refractivity contribution in [1.82, 2.24) is 24.6 Å². The number of benzene rings is 1. The largest absolute Gasteiger partial charge is 0.340 e. The summed E-state index contributed by atoms with van der Waals surface area (Å²) in [5.41, 5.74) is 3.03. The fraction of sp³-hybridized carbons (Fsp3) is 0.350. The van der Waals surface area contributed by atoms with E-state index in [-0.39, 0.29) is 5.91 Å². The highest BCUT2D eigenvalue weighted by Gasteiger charge is 2.19. The Morgan fingerprint density at radius 3 is 2.54 bits per heavy atom. The second kappa shape index (κ2) is 6.88. The van der Waals surface area contributed by atoms with Crippen LogP contribution in [0, 0.1) is 0 Å². The molecule has 3 heterocycles. The van der Waals surface area contributed by atoms with E-state index in [1.807, 2.05) is 36.6 Å². The Bertz CT molecular complexity index is 940. The van der Waals surface area contributed by atoms with E-state index >= 15 is 0 Å². The number of amides is 1. The monoisotopic (exact) mass is 349 g/mol. The van der Waals surface area contributed by atoms with E-state index in [1.165, 1.54) is 0 Å². The average molecular weight is 349 g/mol. The molecule has 1 aliphatic rings. The number of piperazine rings is 1. The summed E-state index contributed by atoms with van der Waals surface area (Å²) in [4.78, 5) is 21.2. The van der Waals surface area contributed by atoms with Crippen LogP contribution < -0.4 is 0 Å². The van der Waals surface area contributed by atoms with Crippen molar-refractivity contribution in [2.75, 3.05) is 33.2 Å². The molecule has 4 rings (SSSR count). The summed E-state index contributed by atoms with van der Waals surface area (Å²) in [5.74, 6) is 0.161. The summed E-state index contributed by atoms with van der Waals surface area (Å²) in [6.45, 7) is 3.47. The Morgan fingerprint density at radius 2 is 1.81 bits per heavy atom. The lowest BCUT2D eigenvalue weighted by atomic mass is 10.0. The van der Waals surface area contributed by atoms with Gasteiger partial charge >= 0.3 is 0 Å². The number of hydrogen-bond donors (Lipinski definition) is 0. The van der Waals surface area contributed by atoms with Gasteiger partial charge in [0.1, 0.15) is 0 Å². The molecule has 134 valence electrons. The molecule has 6 heteroatoms. The third kappa shape index (κ3) is 3.46. The van der Waals surface area contributed by atoms with Gasteiger partial charge in [0.05, 0.1) is 18.3 Å². The normalized spacial score (nSPS) is 15.5. The molecule has 1 amide bonds. The average Bonchev–Trinajstić information content (AvgIpc) is 3.08. The highest BCUT2D eigenvalue weighted by Crippen LogP contribution is 2.24. The first-order chi connectivity index (χ1) is 12.6. The fourth-order valence-corrected chi connectivity index (χ4v) is 3.36. The van der Waals surface area contributed by atoms with Gasteiger partial charge in [-0.3, -0.25) is 14.5 Å². The lowest BCUT2D eigenvalue weighted by molar-refractivity contribution is -0.132. The van der Waals surface area contributed by atoms with Crippen molar-refractivity contribution in [3.63, 3.8) is 0 Å². The van der Waals surface area contributed by atoms with Gasteiger partial charge in [-0.05, 0) is 30.1 Å². The topological polar surface area (TPSA) is 54.3 Å². The molecule has 2 aromatic heterocycles. The SMILES string of the molecule is CN1CCN(C(=O)Cc2cc3cc(-c4cnn(C)c4)ccc3cn2)CC1. The lowest BCUT2D eigenvalue weighted by Crippen LogP contribution is -2.47. The minimum Gasteiger partial charge on any atom is -0.340 e. The minimum atomic E-state index is 0.161. The van der Waals surface area contributed by atoms with Gasteiger partial charge in [-0.15, -0.1) is 0 Å². The molecule has 1 saturated heterocycles. The minimum absolute atomic E-state index is 0.161. The summed E-state index contributed by atoms with van der Waals surface area (Å²) in [6.07, 6.45) is 6.08. The molecule has 0 bridgehead atoms. The van der Waals surface area contributed by atoms with Gasteiger partial charge in [-0.25, -0.2) is 0 Å². The summed E-state index contributed by atoms with van der Waals surface area (Å²) in [7, 11) is 4.00. The molecule has 3 aromatic rings. The third-order valence-corrected chi connectivity index (χ3v) is 5.00. The number of likely N-dealkylation sites (N-methyl/N-ethyl adjacent to an activating group) is 1. The van der Waals surface area contributed by atoms with Gasteiger partial charge in [-0.2, -0.15) is 5.10 Å². The molecule has 26 heavy (non-hydrogen) atoms. The lowest BCUT2D eigenvalue weighted by Gasteiger charge is -2.32. The van der Waals surface area contributed by atoms with Crippen LogP contribution in [0.2, 0.25) is 0 Å². The Labute approximate surface area is 153 Å². The zero-order valence-electron chi connectivity index (χ0n) is 15.2. The first kappa shape index (κ1) is 16.7. The van der Waals surface area contributed by atoms with Crippen LogP contribution >= 0.6 is 0 Å². The Kier molecular flexibility index (Phi) is 4.42. The van der Waals surface area contributed by atoms with Crippen LogP contribution in [-0.4, -0.2) is 63.7 Å². The summed E-state index contributed by atoms with van der Waals surface area (Å²) >= 11 is 0. The molecule has 0 unspecified atom stereocenters. The molecule has 1 fully saturated rings. The Morgan fingerprint density at radius 1 is 1.00 bits per heavy atom. The number of carbonyl (C=O) groups excluding carboxylic acids is 1. The number of carbonyl (C=O) groups is 1. The maximum Gasteiger partial charge on any atom is 0.228 e. The summed E-state index contributed by atoms with van der Waals surface area (Å²) in [5, 5.41) is 6.41. The first-order valence-corrected chi connectivity index (χ1v) is 8.92. The molecule has 0 N–H and O–H groups in total. The standard InChI is InChI=1S/C20H23N5O/c1-23-5-7-25(8-6-23)20(26)11-19-10-17-9-15(3-4-16(17)12-21-19)18-13-22-24(2)14-18/h3-4,9-10,12-14H,5-8,11H2,1-2H3. The van der Waals surface area contributed by atoms with Crippen molar-refractivity contribution in [3.8, 4) is 11.1 Å². The van der Waals surface area contributed by atoms with Crippen LogP contribution in [0.1, 0.15) is 5.69 Å². The van der Waals surface area contributed by atoms with Crippen molar-refractivity contribution in [2.45, 2.75) is 6.42 Å².